The van der Waals surface area contributed by atoms with Crippen LogP contribution in [0.4, 0.5) is 0 Å². The molecular weight excluding hydrogens is 196 g/mol. The molecule has 16 heavy (non-hydrogen) atoms. The van der Waals surface area contributed by atoms with Crippen LogP contribution in [-0.4, -0.2) is 36.1 Å². The van der Waals surface area contributed by atoms with Gasteiger partial charge in [-0.25, -0.2) is 0 Å². The Bertz CT molecular complexity index is 262. The van der Waals surface area contributed by atoms with Gasteiger partial charge >= 0.3 is 0 Å². The SMILES string of the molecule is CC#CCCN1C2CCC1CC(NCC)C2. The summed E-state index contributed by atoms with van der Waals surface area (Å²) in [5.74, 6) is 6.19. The molecule has 2 saturated heterocycles. The molecule has 2 nitrogen and oxygen atoms in total. The van der Waals surface area contributed by atoms with E-state index in [1.165, 1.54) is 32.2 Å². The van der Waals surface area contributed by atoms with Crippen LogP contribution in [0.15, 0.2) is 0 Å². The number of nitrogens with one attached hydrogen (secondary N) is 1. The van der Waals surface area contributed by atoms with Crippen molar-refractivity contribution in [2.75, 3.05) is 13.1 Å². The van der Waals surface area contributed by atoms with Gasteiger partial charge in [0.1, 0.15) is 0 Å². The minimum atomic E-state index is 0.774. The van der Waals surface area contributed by atoms with Crippen LogP contribution in [0, 0.1) is 11.8 Å². The molecule has 2 heterocycles. The zero-order chi connectivity index (χ0) is 11.4. The smallest absolute Gasteiger partial charge is 0.0217 e. The van der Waals surface area contributed by atoms with Gasteiger partial charge in [0, 0.05) is 31.1 Å². The monoisotopic (exact) mass is 220 g/mol. The van der Waals surface area contributed by atoms with Crippen LogP contribution in [0.1, 0.15) is 46.0 Å². The average molecular weight is 220 g/mol. The lowest BCUT2D eigenvalue weighted by Crippen LogP contribution is -2.49. The molecule has 0 amide bonds. The fraction of sp³-hybridized carbons (Fsp3) is 0.857. The van der Waals surface area contributed by atoms with Gasteiger partial charge in [-0.3, -0.25) is 4.90 Å². The van der Waals surface area contributed by atoms with Crippen LogP contribution in [0.2, 0.25) is 0 Å². The van der Waals surface area contributed by atoms with E-state index in [-0.39, 0.29) is 0 Å². The van der Waals surface area contributed by atoms with Crippen LogP contribution in [-0.2, 0) is 0 Å². The van der Waals surface area contributed by atoms with E-state index in [1.807, 2.05) is 6.92 Å². The molecule has 0 aromatic heterocycles. The molecule has 2 atom stereocenters. The van der Waals surface area contributed by atoms with Gasteiger partial charge in [0.2, 0.25) is 0 Å². The maximum atomic E-state index is 3.62. The number of rotatable bonds is 4. The molecule has 2 bridgehead atoms. The molecule has 0 radical (unpaired) electrons. The average Bonchev–Trinajstić information content (AvgIpc) is 2.52. The van der Waals surface area contributed by atoms with Gasteiger partial charge in [0.05, 0.1) is 0 Å². The van der Waals surface area contributed by atoms with Crippen LogP contribution in [0.25, 0.3) is 0 Å². The second-order valence-corrected chi connectivity index (χ2v) is 5.03. The Morgan fingerprint density at radius 2 is 1.94 bits per heavy atom. The Morgan fingerprint density at radius 1 is 1.25 bits per heavy atom. The van der Waals surface area contributed by atoms with Crippen molar-refractivity contribution in [3.05, 3.63) is 0 Å². The zero-order valence-electron chi connectivity index (χ0n) is 10.6. The third-order valence-electron chi connectivity index (χ3n) is 4.05. The summed E-state index contributed by atoms with van der Waals surface area (Å²) in [5.41, 5.74) is 0. The fourth-order valence-electron chi connectivity index (χ4n) is 3.40. The highest BCUT2D eigenvalue weighted by Crippen LogP contribution is 2.35. The molecule has 90 valence electrons. The summed E-state index contributed by atoms with van der Waals surface area (Å²) >= 11 is 0. The van der Waals surface area contributed by atoms with Gasteiger partial charge in [-0.2, -0.15) is 0 Å². The molecule has 2 heteroatoms. The Labute approximate surface area is 99.8 Å². The summed E-state index contributed by atoms with van der Waals surface area (Å²) in [6, 6.07) is 2.44. The predicted octanol–water partition coefficient (Wildman–Crippen LogP) is 2.00. The molecule has 2 rings (SSSR count). The largest absolute Gasteiger partial charge is 0.314 e. The van der Waals surface area contributed by atoms with Gasteiger partial charge in [0.15, 0.2) is 0 Å². The van der Waals surface area contributed by atoms with Crippen LogP contribution >= 0.6 is 0 Å². The quantitative estimate of drug-likeness (QED) is 0.729. The summed E-state index contributed by atoms with van der Waals surface area (Å²) < 4.78 is 0. The maximum absolute atomic E-state index is 3.62. The number of piperidine rings is 1. The molecule has 1 N–H and O–H groups in total. The van der Waals surface area contributed by atoms with Crippen molar-refractivity contribution in [3.8, 4) is 11.8 Å². The van der Waals surface area contributed by atoms with Crippen molar-refractivity contribution in [2.45, 2.75) is 64.1 Å². The number of hydrogen-bond donors (Lipinski definition) is 1. The lowest BCUT2D eigenvalue weighted by Gasteiger charge is -2.39. The zero-order valence-corrected chi connectivity index (χ0v) is 10.6. The highest BCUT2D eigenvalue weighted by atomic mass is 15.2. The molecule has 0 saturated carbocycles. The Morgan fingerprint density at radius 3 is 2.50 bits per heavy atom. The van der Waals surface area contributed by atoms with E-state index >= 15 is 0 Å². The van der Waals surface area contributed by atoms with Crippen molar-refractivity contribution in [1.29, 1.82) is 0 Å². The lowest BCUT2D eigenvalue weighted by atomic mass is 9.97. The molecule has 2 aliphatic heterocycles. The van der Waals surface area contributed by atoms with E-state index in [0.29, 0.717) is 0 Å². The first kappa shape index (κ1) is 12.0. The lowest BCUT2D eigenvalue weighted by molar-refractivity contribution is 0.120. The Balaban J connectivity index is 1.86. The number of hydrogen-bond acceptors (Lipinski definition) is 2. The second kappa shape index (κ2) is 5.70. The van der Waals surface area contributed by atoms with E-state index < -0.39 is 0 Å². The first-order valence-corrected chi connectivity index (χ1v) is 6.74. The van der Waals surface area contributed by atoms with Gasteiger partial charge in [0.25, 0.3) is 0 Å². The maximum Gasteiger partial charge on any atom is 0.0217 e. The third-order valence-corrected chi connectivity index (χ3v) is 4.05. The van der Waals surface area contributed by atoms with Gasteiger partial charge in [-0.15, -0.1) is 11.8 Å². The van der Waals surface area contributed by atoms with Crippen molar-refractivity contribution < 1.29 is 0 Å². The van der Waals surface area contributed by atoms with Gasteiger partial charge in [-0.1, -0.05) is 6.92 Å². The minimum absolute atomic E-state index is 0.774. The molecule has 0 spiro atoms. The van der Waals surface area contributed by atoms with E-state index in [1.54, 1.807) is 0 Å². The molecule has 2 fully saturated rings. The standard InChI is InChI=1S/C14H24N2/c1-3-5-6-9-16-13-7-8-14(16)11-12(10-13)15-4-2/h12-15H,4,6-11H2,1-2H3. The number of fused-ring (bicyclic) bond motifs is 2. The summed E-state index contributed by atoms with van der Waals surface area (Å²) in [6.45, 7) is 6.46. The van der Waals surface area contributed by atoms with Crippen LogP contribution in [0.3, 0.4) is 0 Å². The Hall–Kier alpha value is -0.520. The van der Waals surface area contributed by atoms with Gasteiger partial charge in [-0.05, 0) is 39.2 Å². The molecule has 0 aromatic rings. The van der Waals surface area contributed by atoms with E-state index in [4.69, 9.17) is 0 Å². The van der Waals surface area contributed by atoms with E-state index in [0.717, 1.165) is 31.1 Å². The minimum Gasteiger partial charge on any atom is -0.314 e. The molecule has 2 unspecified atom stereocenters. The van der Waals surface area contributed by atoms with Crippen molar-refractivity contribution in [1.82, 2.24) is 10.2 Å². The highest BCUT2D eigenvalue weighted by molar-refractivity contribution is 5.00. The topological polar surface area (TPSA) is 15.3 Å². The molecule has 0 aliphatic carbocycles. The van der Waals surface area contributed by atoms with E-state index in [2.05, 4.69) is 29.0 Å². The Kier molecular flexibility index (Phi) is 4.26. The van der Waals surface area contributed by atoms with Crippen LogP contribution in [0.5, 0.6) is 0 Å². The molecule has 0 aromatic carbocycles. The highest BCUT2D eigenvalue weighted by Gasteiger charge is 2.39. The summed E-state index contributed by atoms with van der Waals surface area (Å²) in [5, 5.41) is 3.62. The third kappa shape index (κ3) is 2.59. The molecular formula is C14H24N2. The summed E-state index contributed by atoms with van der Waals surface area (Å²) in [6.07, 6.45) is 6.57. The summed E-state index contributed by atoms with van der Waals surface area (Å²) in [7, 11) is 0. The van der Waals surface area contributed by atoms with Crippen molar-refractivity contribution in [2.24, 2.45) is 0 Å². The first-order chi connectivity index (χ1) is 7.85. The number of nitrogens with zero attached hydrogens (tertiary/aromatic N) is 1. The second-order valence-electron chi connectivity index (χ2n) is 5.03. The molecule has 2 aliphatic rings. The summed E-state index contributed by atoms with van der Waals surface area (Å²) in [4.78, 5) is 2.72. The normalized spacial score (nSPS) is 33.5. The van der Waals surface area contributed by atoms with Gasteiger partial charge < -0.3 is 5.32 Å². The fourth-order valence-corrected chi connectivity index (χ4v) is 3.40. The van der Waals surface area contributed by atoms with Crippen molar-refractivity contribution in [3.63, 3.8) is 0 Å². The van der Waals surface area contributed by atoms with E-state index in [9.17, 15) is 0 Å². The van der Waals surface area contributed by atoms with Crippen LogP contribution < -0.4 is 5.32 Å². The van der Waals surface area contributed by atoms with Crippen molar-refractivity contribution >= 4 is 0 Å². The first-order valence-electron chi connectivity index (χ1n) is 6.74. The predicted molar refractivity (Wildman–Crippen MR) is 68.3 cm³/mol.